The summed E-state index contributed by atoms with van der Waals surface area (Å²) in [6.45, 7) is 10.3. The highest BCUT2D eigenvalue weighted by molar-refractivity contribution is 5.54. The lowest BCUT2D eigenvalue weighted by Crippen LogP contribution is -2.26. The summed E-state index contributed by atoms with van der Waals surface area (Å²) in [6.07, 6.45) is 1.75. The second-order valence-corrected chi connectivity index (χ2v) is 6.48. The largest absolute Gasteiger partial charge is 0.379 e. The maximum Gasteiger partial charge on any atom is 0.251 e. The van der Waals surface area contributed by atoms with Crippen molar-refractivity contribution in [3.8, 4) is 11.5 Å². The molecule has 2 heterocycles. The monoisotopic (exact) mass is 286 g/mol. The van der Waals surface area contributed by atoms with Crippen molar-refractivity contribution in [2.45, 2.75) is 46.1 Å². The molecule has 0 bridgehead atoms. The predicted octanol–water partition coefficient (Wildman–Crippen LogP) is 3.17. The average molecular weight is 286 g/mol. The van der Waals surface area contributed by atoms with Gasteiger partial charge in [0.2, 0.25) is 0 Å². The Morgan fingerprint density at radius 1 is 1.24 bits per heavy atom. The van der Waals surface area contributed by atoms with Crippen molar-refractivity contribution in [1.82, 2.24) is 15.0 Å². The van der Waals surface area contributed by atoms with E-state index in [2.05, 4.69) is 41.0 Å². The van der Waals surface area contributed by atoms with Crippen LogP contribution in [0.25, 0.3) is 11.5 Å². The van der Waals surface area contributed by atoms with Crippen LogP contribution in [0.1, 0.15) is 46.2 Å². The number of pyridine rings is 1. The van der Waals surface area contributed by atoms with Crippen LogP contribution >= 0.6 is 0 Å². The summed E-state index contributed by atoms with van der Waals surface area (Å²) in [5.74, 6) is 0.710. The van der Waals surface area contributed by atoms with E-state index < -0.39 is 0 Å². The van der Waals surface area contributed by atoms with Crippen LogP contribution < -0.4 is 10.9 Å². The number of aromatic nitrogens is 3. The first-order valence-electron chi connectivity index (χ1n) is 7.10. The molecule has 112 valence electrons. The van der Waals surface area contributed by atoms with Crippen LogP contribution in [0.4, 0.5) is 5.69 Å². The van der Waals surface area contributed by atoms with Crippen molar-refractivity contribution in [3.05, 3.63) is 40.4 Å². The Kier molecular flexibility index (Phi) is 4.11. The van der Waals surface area contributed by atoms with Crippen LogP contribution in [-0.2, 0) is 0 Å². The number of hydrogen-bond donors (Lipinski definition) is 2. The Morgan fingerprint density at radius 2 is 1.95 bits per heavy atom. The van der Waals surface area contributed by atoms with E-state index in [9.17, 15) is 4.79 Å². The second kappa shape index (κ2) is 5.68. The third-order valence-electron chi connectivity index (χ3n) is 2.88. The molecule has 0 unspecified atom stereocenters. The van der Waals surface area contributed by atoms with Crippen LogP contribution in [0, 0.1) is 0 Å². The highest BCUT2D eigenvalue weighted by Crippen LogP contribution is 2.18. The third-order valence-corrected chi connectivity index (χ3v) is 2.88. The molecule has 0 amide bonds. The number of nitrogens with zero attached hydrogens (tertiary/aromatic N) is 2. The van der Waals surface area contributed by atoms with Gasteiger partial charge in [-0.15, -0.1) is 0 Å². The fourth-order valence-corrected chi connectivity index (χ4v) is 1.93. The smallest absolute Gasteiger partial charge is 0.251 e. The van der Waals surface area contributed by atoms with Gasteiger partial charge in [0.1, 0.15) is 5.69 Å². The molecule has 0 aliphatic carbocycles. The number of hydrogen-bond acceptors (Lipinski definition) is 4. The Hall–Kier alpha value is -2.17. The van der Waals surface area contributed by atoms with E-state index in [0.29, 0.717) is 11.5 Å². The molecule has 0 radical (unpaired) electrons. The SMILES string of the molecule is CC(C)c1cc(=O)[nH]c(-c2ccc(NC(C)(C)C)cn2)n1. The molecule has 0 saturated carbocycles. The fourth-order valence-electron chi connectivity index (χ4n) is 1.93. The van der Waals surface area contributed by atoms with Gasteiger partial charge < -0.3 is 10.3 Å². The van der Waals surface area contributed by atoms with Crippen molar-refractivity contribution in [1.29, 1.82) is 0 Å². The number of anilines is 1. The zero-order chi connectivity index (χ0) is 15.6. The molecule has 2 aromatic rings. The zero-order valence-corrected chi connectivity index (χ0v) is 13.2. The van der Waals surface area contributed by atoms with Crippen molar-refractivity contribution in [2.24, 2.45) is 0 Å². The molecule has 0 atom stereocenters. The van der Waals surface area contributed by atoms with Crippen molar-refractivity contribution < 1.29 is 0 Å². The van der Waals surface area contributed by atoms with E-state index in [1.54, 1.807) is 6.20 Å². The Balaban J connectivity index is 2.33. The summed E-state index contributed by atoms with van der Waals surface area (Å²) in [4.78, 5) is 23.3. The minimum absolute atomic E-state index is 0.0205. The van der Waals surface area contributed by atoms with Crippen molar-refractivity contribution >= 4 is 5.69 Å². The predicted molar refractivity (Wildman–Crippen MR) is 85.6 cm³/mol. The average Bonchev–Trinajstić information content (AvgIpc) is 2.37. The summed E-state index contributed by atoms with van der Waals surface area (Å²) in [5.41, 5.74) is 2.20. The maximum absolute atomic E-state index is 11.7. The van der Waals surface area contributed by atoms with E-state index in [1.807, 2.05) is 26.0 Å². The third kappa shape index (κ3) is 4.15. The molecule has 0 aromatic carbocycles. The van der Waals surface area contributed by atoms with E-state index in [1.165, 1.54) is 6.07 Å². The summed E-state index contributed by atoms with van der Waals surface area (Å²) >= 11 is 0. The van der Waals surface area contributed by atoms with Gasteiger partial charge in [0, 0.05) is 11.6 Å². The zero-order valence-electron chi connectivity index (χ0n) is 13.2. The number of rotatable bonds is 3. The molecule has 0 spiro atoms. The van der Waals surface area contributed by atoms with E-state index in [0.717, 1.165) is 11.4 Å². The Morgan fingerprint density at radius 3 is 2.48 bits per heavy atom. The molecular formula is C16H22N4O. The second-order valence-electron chi connectivity index (χ2n) is 6.48. The molecule has 0 saturated heterocycles. The maximum atomic E-state index is 11.7. The van der Waals surface area contributed by atoms with Gasteiger partial charge in [-0.05, 0) is 38.8 Å². The lowest BCUT2D eigenvalue weighted by Gasteiger charge is -2.21. The molecule has 2 aromatic heterocycles. The van der Waals surface area contributed by atoms with Gasteiger partial charge in [0.25, 0.3) is 5.56 Å². The summed E-state index contributed by atoms with van der Waals surface area (Å²) in [6, 6.07) is 5.33. The summed E-state index contributed by atoms with van der Waals surface area (Å²) < 4.78 is 0. The molecular weight excluding hydrogens is 264 g/mol. The summed E-state index contributed by atoms with van der Waals surface area (Å²) in [7, 11) is 0. The van der Waals surface area contributed by atoms with Crippen molar-refractivity contribution in [2.75, 3.05) is 5.32 Å². The molecule has 0 aliphatic rings. The van der Waals surface area contributed by atoms with Crippen LogP contribution in [-0.4, -0.2) is 20.5 Å². The highest BCUT2D eigenvalue weighted by Gasteiger charge is 2.11. The Labute approximate surface area is 124 Å². The quantitative estimate of drug-likeness (QED) is 0.909. The van der Waals surface area contributed by atoms with Crippen LogP contribution in [0.2, 0.25) is 0 Å². The van der Waals surface area contributed by atoms with Gasteiger partial charge >= 0.3 is 0 Å². The van der Waals surface area contributed by atoms with Crippen LogP contribution in [0.15, 0.2) is 29.2 Å². The van der Waals surface area contributed by atoms with Gasteiger partial charge in [-0.1, -0.05) is 13.8 Å². The molecule has 5 heteroatoms. The standard InChI is InChI=1S/C16H22N4O/c1-10(2)13-8-14(21)19-15(18-13)12-7-6-11(9-17-12)20-16(3,4)5/h6-10,20H,1-5H3,(H,18,19,21). The molecule has 5 nitrogen and oxygen atoms in total. The Bertz CT molecular complexity index is 666. The normalized spacial score (nSPS) is 11.7. The highest BCUT2D eigenvalue weighted by atomic mass is 16.1. The van der Waals surface area contributed by atoms with Gasteiger partial charge in [-0.25, -0.2) is 4.98 Å². The topological polar surface area (TPSA) is 70.7 Å². The first-order valence-corrected chi connectivity index (χ1v) is 7.10. The van der Waals surface area contributed by atoms with Crippen LogP contribution in [0.5, 0.6) is 0 Å². The fraction of sp³-hybridized carbons (Fsp3) is 0.438. The van der Waals surface area contributed by atoms with E-state index in [-0.39, 0.29) is 17.0 Å². The lowest BCUT2D eigenvalue weighted by atomic mass is 10.1. The van der Waals surface area contributed by atoms with E-state index >= 15 is 0 Å². The molecule has 2 rings (SSSR count). The van der Waals surface area contributed by atoms with Gasteiger partial charge in [0.15, 0.2) is 5.82 Å². The molecule has 21 heavy (non-hydrogen) atoms. The lowest BCUT2D eigenvalue weighted by molar-refractivity contribution is 0.633. The number of nitrogens with one attached hydrogen (secondary N) is 2. The summed E-state index contributed by atoms with van der Waals surface area (Å²) in [5, 5.41) is 3.35. The first-order chi connectivity index (χ1) is 9.74. The van der Waals surface area contributed by atoms with Gasteiger partial charge in [-0.2, -0.15) is 0 Å². The molecule has 2 N–H and O–H groups in total. The minimum atomic E-state index is -0.151. The first kappa shape index (κ1) is 15.2. The van der Waals surface area contributed by atoms with Crippen LogP contribution in [0.3, 0.4) is 0 Å². The number of aromatic amines is 1. The molecule has 0 fully saturated rings. The van der Waals surface area contributed by atoms with Gasteiger partial charge in [0.05, 0.1) is 17.6 Å². The molecule has 0 aliphatic heterocycles. The van der Waals surface area contributed by atoms with E-state index in [4.69, 9.17) is 0 Å². The van der Waals surface area contributed by atoms with Gasteiger partial charge in [-0.3, -0.25) is 9.78 Å². The van der Waals surface area contributed by atoms with Crippen molar-refractivity contribution in [3.63, 3.8) is 0 Å². The minimum Gasteiger partial charge on any atom is -0.379 e. The number of H-pyrrole nitrogens is 1.